The molecule has 2 atom stereocenters. The van der Waals surface area contributed by atoms with E-state index in [0.717, 1.165) is 17.4 Å². The summed E-state index contributed by atoms with van der Waals surface area (Å²) < 4.78 is 27.3. The third-order valence-corrected chi connectivity index (χ3v) is 4.24. The fourth-order valence-corrected chi connectivity index (χ4v) is 2.76. The molecule has 2 aromatic carbocycles. The maximum absolute atomic E-state index is 11.3. The fraction of sp³-hybridized carbons (Fsp3) is 0.200. The van der Waals surface area contributed by atoms with Crippen LogP contribution in [0.5, 0.6) is 0 Å². The van der Waals surface area contributed by atoms with E-state index in [1.54, 1.807) is 0 Å². The van der Waals surface area contributed by atoms with Gasteiger partial charge < -0.3 is 0 Å². The molecule has 0 saturated carbocycles. The normalized spacial score (nSPS) is 13.2. The van der Waals surface area contributed by atoms with Crippen molar-refractivity contribution >= 4 is 15.8 Å². The van der Waals surface area contributed by atoms with Gasteiger partial charge in [0.2, 0.25) is 0 Å². The Morgan fingerprint density at radius 2 is 1.65 bits per heavy atom. The molecule has 0 N–H and O–H groups in total. The van der Waals surface area contributed by atoms with Crippen LogP contribution in [0.4, 0.5) is 0 Å². The Labute approximate surface area is 154 Å². The highest BCUT2D eigenvalue weighted by Gasteiger charge is 2.21. The van der Waals surface area contributed by atoms with Crippen LogP contribution in [-0.4, -0.2) is 33.0 Å². The molecule has 0 heterocycles. The van der Waals surface area contributed by atoms with Crippen molar-refractivity contribution in [1.29, 1.82) is 5.26 Å². The summed E-state index contributed by atoms with van der Waals surface area (Å²) in [6.07, 6.45) is 2.47. The lowest BCUT2D eigenvalue weighted by Gasteiger charge is -2.17. The average molecular weight is 368 g/mol. The Morgan fingerprint density at radius 3 is 2.04 bits per heavy atom. The van der Waals surface area contributed by atoms with Crippen molar-refractivity contribution in [3.05, 3.63) is 84.4 Å². The first-order valence-corrected chi connectivity index (χ1v) is 9.81. The first-order chi connectivity index (χ1) is 12.4. The summed E-state index contributed by atoms with van der Waals surface area (Å²) in [4.78, 5) is 4.62. The van der Waals surface area contributed by atoms with E-state index in [0.29, 0.717) is 5.71 Å². The van der Waals surface area contributed by atoms with Gasteiger partial charge in [0.1, 0.15) is 6.04 Å². The van der Waals surface area contributed by atoms with E-state index in [2.05, 4.69) is 17.6 Å². The lowest BCUT2D eigenvalue weighted by Crippen LogP contribution is -2.24. The zero-order chi connectivity index (χ0) is 19.0. The van der Waals surface area contributed by atoms with Crippen molar-refractivity contribution in [3.63, 3.8) is 0 Å². The van der Waals surface area contributed by atoms with Gasteiger partial charge in [-0.2, -0.15) is 13.7 Å². The topological polar surface area (TPSA) is 79.5 Å². The molecule has 6 heteroatoms. The SMILES string of the molecule is C=C[C@H](COS(C)(=O)=O)C(C#N)N=C(c1ccccc1)c1ccccc1. The molecule has 0 aromatic heterocycles. The van der Waals surface area contributed by atoms with Gasteiger partial charge in [-0.25, -0.2) is 0 Å². The fourth-order valence-electron chi connectivity index (χ4n) is 2.36. The molecular formula is C20H20N2O3S. The molecule has 1 unspecified atom stereocenters. The molecule has 5 nitrogen and oxygen atoms in total. The molecule has 0 aliphatic carbocycles. The summed E-state index contributed by atoms with van der Waals surface area (Å²) in [5, 5.41) is 9.59. The van der Waals surface area contributed by atoms with Crippen LogP contribution >= 0.6 is 0 Å². The molecule has 0 radical (unpaired) electrons. The van der Waals surface area contributed by atoms with E-state index in [1.807, 2.05) is 60.7 Å². The molecule has 134 valence electrons. The number of hydrogen-bond acceptors (Lipinski definition) is 5. The van der Waals surface area contributed by atoms with Crippen molar-refractivity contribution in [2.75, 3.05) is 12.9 Å². The van der Waals surface area contributed by atoms with Crippen LogP contribution in [0.15, 0.2) is 78.3 Å². The van der Waals surface area contributed by atoms with Crippen LogP contribution < -0.4 is 0 Å². The van der Waals surface area contributed by atoms with E-state index in [-0.39, 0.29) is 6.61 Å². The smallest absolute Gasteiger partial charge is 0.264 e. The minimum atomic E-state index is -3.61. The molecule has 26 heavy (non-hydrogen) atoms. The highest BCUT2D eigenvalue weighted by molar-refractivity contribution is 7.85. The summed E-state index contributed by atoms with van der Waals surface area (Å²) in [6.45, 7) is 3.51. The van der Waals surface area contributed by atoms with Crippen LogP contribution in [0.2, 0.25) is 0 Å². The molecule has 0 amide bonds. The number of hydrogen-bond donors (Lipinski definition) is 0. The quantitative estimate of drug-likeness (QED) is 0.407. The monoisotopic (exact) mass is 368 g/mol. The molecular weight excluding hydrogens is 348 g/mol. The summed E-state index contributed by atoms with van der Waals surface area (Å²) in [5.41, 5.74) is 2.39. The van der Waals surface area contributed by atoms with Gasteiger partial charge in [-0.3, -0.25) is 9.18 Å². The highest BCUT2D eigenvalue weighted by atomic mass is 32.2. The van der Waals surface area contributed by atoms with Crippen LogP contribution in [0, 0.1) is 17.2 Å². The highest BCUT2D eigenvalue weighted by Crippen LogP contribution is 2.17. The zero-order valence-corrected chi connectivity index (χ0v) is 15.3. The van der Waals surface area contributed by atoms with Crippen molar-refractivity contribution in [2.24, 2.45) is 10.9 Å². The number of nitrogens with zero attached hydrogens (tertiary/aromatic N) is 2. The maximum Gasteiger partial charge on any atom is 0.264 e. The second-order valence-electron chi connectivity index (χ2n) is 5.67. The third kappa shape index (κ3) is 5.66. The standard InChI is InChI=1S/C20H20N2O3S/c1-3-16(15-25-26(2,23)24)19(14-21)22-20(17-10-6-4-7-11-17)18-12-8-5-9-13-18/h3-13,16,19H,1,15H2,2H3/t16-,19?/m1/s1. The largest absolute Gasteiger partial charge is 0.270 e. The van der Waals surface area contributed by atoms with Gasteiger partial charge in [-0.1, -0.05) is 66.7 Å². The Kier molecular flexibility index (Phi) is 6.84. The minimum absolute atomic E-state index is 0.180. The van der Waals surface area contributed by atoms with E-state index in [1.165, 1.54) is 6.08 Å². The van der Waals surface area contributed by atoms with Gasteiger partial charge in [0.25, 0.3) is 10.1 Å². The number of aliphatic imine (C=N–C) groups is 1. The van der Waals surface area contributed by atoms with E-state index in [4.69, 9.17) is 4.18 Å². The molecule has 0 bridgehead atoms. The van der Waals surface area contributed by atoms with E-state index >= 15 is 0 Å². The van der Waals surface area contributed by atoms with Gasteiger partial charge in [-0.05, 0) is 0 Å². The predicted molar refractivity (Wildman–Crippen MR) is 102 cm³/mol. The van der Waals surface area contributed by atoms with Crippen molar-refractivity contribution < 1.29 is 12.6 Å². The van der Waals surface area contributed by atoms with Gasteiger partial charge in [0.05, 0.1) is 24.6 Å². The molecule has 0 aliphatic rings. The predicted octanol–water partition coefficient (Wildman–Crippen LogP) is 3.19. The summed E-state index contributed by atoms with van der Waals surface area (Å²) in [7, 11) is -3.61. The number of nitriles is 1. The molecule has 2 rings (SSSR count). The van der Waals surface area contributed by atoms with E-state index < -0.39 is 22.1 Å². The summed E-state index contributed by atoms with van der Waals surface area (Å²) >= 11 is 0. The Hall–Kier alpha value is -2.75. The Morgan fingerprint density at radius 1 is 1.15 bits per heavy atom. The Bertz CT molecular complexity index is 860. The van der Waals surface area contributed by atoms with Crippen molar-refractivity contribution in [3.8, 4) is 6.07 Å². The minimum Gasteiger partial charge on any atom is -0.270 e. The van der Waals surface area contributed by atoms with Crippen LogP contribution in [-0.2, 0) is 14.3 Å². The number of benzene rings is 2. The maximum atomic E-state index is 11.3. The molecule has 0 fully saturated rings. The lowest BCUT2D eigenvalue weighted by atomic mass is 9.99. The van der Waals surface area contributed by atoms with Gasteiger partial charge in [0.15, 0.2) is 0 Å². The van der Waals surface area contributed by atoms with Crippen molar-refractivity contribution in [2.45, 2.75) is 6.04 Å². The van der Waals surface area contributed by atoms with Crippen LogP contribution in [0.1, 0.15) is 11.1 Å². The molecule has 0 spiro atoms. The molecule has 0 saturated heterocycles. The first-order valence-electron chi connectivity index (χ1n) is 8.00. The molecule has 0 aliphatic heterocycles. The lowest BCUT2D eigenvalue weighted by molar-refractivity contribution is 0.275. The van der Waals surface area contributed by atoms with Gasteiger partial charge in [0, 0.05) is 17.0 Å². The van der Waals surface area contributed by atoms with Gasteiger partial charge >= 0.3 is 0 Å². The Balaban J connectivity index is 2.43. The average Bonchev–Trinajstić information content (AvgIpc) is 2.65. The first kappa shape index (κ1) is 19.6. The summed E-state index contributed by atoms with van der Waals surface area (Å²) in [6, 6.07) is 20.3. The molecule has 2 aromatic rings. The second-order valence-corrected chi connectivity index (χ2v) is 7.32. The van der Waals surface area contributed by atoms with Crippen LogP contribution in [0.25, 0.3) is 0 Å². The zero-order valence-electron chi connectivity index (χ0n) is 14.4. The number of rotatable bonds is 8. The third-order valence-electron chi connectivity index (χ3n) is 3.68. The van der Waals surface area contributed by atoms with Crippen LogP contribution in [0.3, 0.4) is 0 Å². The van der Waals surface area contributed by atoms with Crippen molar-refractivity contribution in [1.82, 2.24) is 0 Å². The van der Waals surface area contributed by atoms with E-state index in [9.17, 15) is 13.7 Å². The summed E-state index contributed by atoms with van der Waals surface area (Å²) in [5.74, 6) is -0.558. The van der Waals surface area contributed by atoms with Gasteiger partial charge in [-0.15, -0.1) is 6.58 Å². The second kappa shape index (κ2) is 9.09.